The molecule has 1 saturated carbocycles. The van der Waals surface area contributed by atoms with E-state index in [1.807, 2.05) is 19.9 Å². The normalized spacial score (nSPS) is 36.3. The van der Waals surface area contributed by atoms with Crippen LogP contribution in [0.4, 0.5) is 0 Å². The predicted octanol–water partition coefficient (Wildman–Crippen LogP) is 2.15. The lowest BCUT2D eigenvalue weighted by molar-refractivity contribution is -0.170. The van der Waals surface area contributed by atoms with Gasteiger partial charge in [0.15, 0.2) is 11.4 Å². The van der Waals surface area contributed by atoms with E-state index in [2.05, 4.69) is 5.32 Å². The molecule has 0 bridgehead atoms. The summed E-state index contributed by atoms with van der Waals surface area (Å²) in [4.78, 5) is 25.4. The third kappa shape index (κ3) is 3.35. The monoisotopic (exact) mass is 375 g/mol. The lowest BCUT2D eigenvalue weighted by atomic mass is 9.79. The molecule has 1 aromatic carbocycles. The molecule has 0 aromatic heterocycles. The van der Waals surface area contributed by atoms with Crippen LogP contribution in [0.3, 0.4) is 0 Å². The van der Waals surface area contributed by atoms with Crippen LogP contribution in [0, 0.1) is 0 Å². The van der Waals surface area contributed by atoms with Crippen LogP contribution in [0.1, 0.15) is 50.9 Å². The van der Waals surface area contributed by atoms with Gasteiger partial charge in [-0.15, -0.1) is 0 Å². The third-order valence-corrected chi connectivity index (χ3v) is 5.20. The Morgan fingerprint density at radius 1 is 1.11 bits per heavy atom. The van der Waals surface area contributed by atoms with Crippen LogP contribution in [0.2, 0.25) is 0 Å². The van der Waals surface area contributed by atoms with Crippen molar-refractivity contribution in [2.45, 2.75) is 76.0 Å². The van der Waals surface area contributed by atoms with Crippen LogP contribution >= 0.6 is 0 Å². The van der Waals surface area contributed by atoms with E-state index < -0.39 is 41.4 Å². The van der Waals surface area contributed by atoms with Gasteiger partial charge >= 0.3 is 5.97 Å². The summed E-state index contributed by atoms with van der Waals surface area (Å²) in [7, 11) is 0. The molecule has 2 aliphatic heterocycles. The summed E-state index contributed by atoms with van der Waals surface area (Å²) in [6.07, 6.45) is -0.921. The summed E-state index contributed by atoms with van der Waals surface area (Å²) in [5.41, 5.74) is -1.44. The first kappa shape index (κ1) is 18.4. The molecule has 0 unspecified atom stereocenters. The number of benzene rings is 1. The lowest BCUT2D eigenvalue weighted by Crippen LogP contribution is -2.56. The Morgan fingerprint density at radius 2 is 1.81 bits per heavy atom. The Labute approximate surface area is 158 Å². The molecule has 1 aliphatic carbocycles. The van der Waals surface area contributed by atoms with Crippen molar-refractivity contribution in [3.8, 4) is 0 Å². The fourth-order valence-electron chi connectivity index (χ4n) is 4.29. The zero-order valence-electron chi connectivity index (χ0n) is 16.0. The summed E-state index contributed by atoms with van der Waals surface area (Å²) in [5.74, 6) is -1.48. The molecule has 0 radical (unpaired) electrons. The van der Waals surface area contributed by atoms with Gasteiger partial charge in [0.1, 0.15) is 17.9 Å². The first-order chi connectivity index (χ1) is 12.6. The summed E-state index contributed by atoms with van der Waals surface area (Å²) in [6.45, 7) is 7.22. The number of fused-ring (bicyclic) bond motifs is 1. The lowest BCUT2D eigenvalue weighted by Gasteiger charge is -2.40. The van der Waals surface area contributed by atoms with E-state index in [4.69, 9.17) is 18.9 Å². The molecule has 27 heavy (non-hydrogen) atoms. The molecule has 7 heteroatoms. The Morgan fingerprint density at radius 3 is 2.44 bits per heavy atom. The quantitative estimate of drug-likeness (QED) is 0.798. The molecule has 2 heterocycles. The molecule has 1 amide bonds. The highest BCUT2D eigenvalue weighted by molar-refractivity contribution is 5.90. The number of hydrogen-bond donors (Lipinski definition) is 1. The van der Waals surface area contributed by atoms with Crippen LogP contribution in [0.15, 0.2) is 30.3 Å². The van der Waals surface area contributed by atoms with Gasteiger partial charge in [-0.1, -0.05) is 18.2 Å². The van der Waals surface area contributed by atoms with Gasteiger partial charge in [0.2, 0.25) is 0 Å². The average molecular weight is 375 g/mol. The highest BCUT2D eigenvalue weighted by Crippen LogP contribution is 2.46. The zero-order valence-corrected chi connectivity index (χ0v) is 16.0. The predicted molar refractivity (Wildman–Crippen MR) is 94.7 cm³/mol. The van der Waals surface area contributed by atoms with E-state index >= 15 is 0 Å². The van der Waals surface area contributed by atoms with E-state index in [1.54, 1.807) is 38.1 Å². The number of hydrogen-bond acceptors (Lipinski definition) is 6. The molecule has 4 rings (SSSR count). The van der Waals surface area contributed by atoms with Gasteiger partial charge in [0, 0.05) is 12.8 Å². The standard InChI is InChI=1S/C20H25NO6/c1-18(2)21-17(23)20(27-18)10-13(15-14(11-20)25-19(3,4)26-15)24-16(22)12-8-6-5-7-9-12/h5-9,13-15H,10-11H2,1-4H3,(H,21,23)/t13-,14-,15+,20-/m1/s1. The van der Waals surface area contributed by atoms with Crippen LogP contribution in [0.25, 0.3) is 0 Å². The van der Waals surface area contributed by atoms with Crippen molar-refractivity contribution in [3.63, 3.8) is 0 Å². The molecular formula is C20H25NO6. The molecule has 7 nitrogen and oxygen atoms in total. The molecule has 1 N–H and O–H groups in total. The number of carbonyl (C=O) groups is 2. The maximum Gasteiger partial charge on any atom is 0.338 e. The average Bonchev–Trinajstić information content (AvgIpc) is 2.99. The second-order valence-electron chi connectivity index (χ2n) is 8.42. The van der Waals surface area contributed by atoms with Crippen LogP contribution < -0.4 is 5.32 Å². The van der Waals surface area contributed by atoms with Gasteiger partial charge in [-0.25, -0.2) is 4.79 Å². The van der Waals surface area contributed by atoms with Crippen molar-refractivity contribution in [3.05, 3.63) is 35.9 Å². The van der Waals surface area contributed by atoms with Crippen molar-refractivity contribution < 1.29 is 28.5 Å². The van der Waals surface area contributed by atoms with E-state index in [-0.39, 0.29) is 12.3 Å². The fourth-order valence-corrected chi connectivity index (χ4v) is 4.29. The van der Waals surface area contributed by atoms with Gasteiger partial charge in [-0.3, -0.25) is 4.79 Å². The number of carbonyl (C=O) groups excluding carboxylic acids is 2. The Hall–Kier alpha value is -1.96. The van der Waals surface area contributed by atoms with E-state index in [0.29, 0.717) is 12.0 Å². The SMILES string of the molecule is CC1(C)NC(=O)[C@]2(C[C@@H](OC(=O)c3ccccc3)[C@@H]3OC(C)(C)O[C@@H]3C2)O1. The number of nitrogens with one attached hydrogen (secondary N) is 1. The van der Waals surface area contributed by atoms with Crippen LogP contribution in [-0.2, 0) is 23.7 Å². The summed E-state index contributed by atoms with van der Waals surface area (Å²) in [6, 6.07) is 8.76. The Bertz CT molecular complexity index is 761. The van der Waals surface area contributed by atoms with Crippen molar-refractivity contribution >= 4 is 11.9 Å². The molecule has 1 spiro atoms. The molecule has 3 aliphatic rings. The maximum absolute atomic E-state index is 12.7. The summed E-state index contributed by atoms with van der Waals surface area (Å²) in [5, 5.41) is 2.86. The maximum atomic E-state index is 12.7. The van der Waals surface area contributed by atoms with Gasteiger partial charge in [-0.2, -0.15) is 0 Å². The second-order valence-corrected chi connectivity index (χ2v) is 8.42. The number of amides is 1. The second kappa shape index (κ2) is 6.02. The topological polar surface area (TPSA) is 83.1 Å². The fraction of sp³-hybridized carbons (Fsp3) is 0.600. The molecule has 2 saturated heterocycles. The first-order valence-corrected chi connectivity index (χ1v) is 9.24. The minimum Gasteiger partial charge on any atom is -0.456 e. The van der Waals surface area contributed by atoms with Gasteiger partial charge < -0.3 is 24.3 Å². The minimum atomic E-state index is -1.10. The van der Waals surface area contributed by atoms with Crippen LogP contribution in [0.5, 0.6) is 0 Å². The van der Waals surface area contributed by atoms with Crippen molar-refractivity contribution in [2.75, 3.05) is 0 Å². The van der Waals surface area contributed by atoms with E-state index in [1.165, 1.54) is 0 Å². The number of rotatable bonds is 2. The highest BCUT2D eigenvalue weighted by Gasteiger charge is 2.62. The number of esters is 1. The van der Waals surface area contributed by atoms with Crippen molar-refractivity contribution in [2.24, 2.45) is 0 Å². The zero-order chi connectivity index (χ0) is 19.4. The summed E-state index contributed by atoms with van der Waals surface area (Å²) < 4.78 is 23.9. The van der Waals surface area contributed by atoms with Gasteiger partial charge in [0.25, 0.3) is 5.91 Å². The first-order valence-electron chi connectivity index (χ1n) is 9.24. The number of ether oxygens (including phenoxy) is 4. The van der Waals surface area contributed by atoms with Gasteiger partial charge in [0.05, 0.1) is 11.7 Å². The molecule has 1 aromatic rings. The third-order valence-electron chi connectivity index (χ3n) is 5.20. The van der Waals surface area contributed by atoms with Crippen LogP contribution in [-0.4, -0.2) is 47.3 Å². The van der Waals surface area contributed by atoms with Crippen molar-refractivity contribution in [1.29, 1.82) is 0 Å². The van der Waals surface area contributed by atoms with E-state index in [9.17, 15) is 9.59 Å². The van der Waals surface area contributed by atoms with Crippen molar-refractivity contribution in [1.82, 2.24) is 5.32 Å². The van der Waals surface area contributed by atoms with E-state index in [0.717, 1.165) is 0 Å². The molecule has 146 valence electrons. The Balaban J connectivity index is 1.62. The molecular weight excluding hydrogens is 350 g/mol. The largest absolute Gasteiger partial charge is 0.456 e. The minimum absolute atomic E-state index is 0.208. The van der Waals surface area contributed by atoms with Gasteiger partial charge in [-0.05, 0) is 39.8 Å². The molecule has 3 fully saturated rings. The Kier molecular flexibility index (Phi) is 4.10. The summed E-state index contributed by atoms with van der Waals surface area (Å²) >= 11 is 0. The molecule has 4 atom stereocenters. The smallest absolute Gasteiger partial charge is 0.338 e. The highest BCUT2D eigenvalue weighted by atomic mass is 16.8.